The average Bonchev–Trinajstić information content (AvgIpc) is 3.29. The summed E-state index contributed by atoms with van der Waals surface area (Å²) >= 11 is 1.46. The van der Waals surface area contributed by atoms with Gasteiger partial charge >= 0.3 is 0 Å². The predicted molar refractivity (Wildman–Crippen MR) is 93.4 cm³/mol. The summed E-state index contributed by atoms with van der Waals surface area (Å²) in [6.07, 6.45) is 3.61. The first-order chi connectivity index (χ1) is 12.9. The molecule has 0 radical (unpaired) electrons. The van der Waals surface area contributed by atoms with Crippen molar-refractivity contribution in [1.82, 2.24) is 19.6 Å². The molecule has 0 unspecified atom stereocenters. The number of benzene rings is 1. The lowest BCUT2D eigenvalue weighted by Gasteiger charge is -2.13. The smallest absolute Gasteiger partial charge is 0.270 e. The van der Waals surface area contributed by atoms with Gasteiger partial charge in [-0.25, -0.2) is 4.98 Å². The highest BCUT2D eigenvalue weighted by molar-refractivity contribution is 7.15. The number of imide groups is 1. The minimum Gasteiger partial charge on any atom is -0.349 e. The zero-order chi connectivity index (χ0) is 19.1. The lowest BCUT2D eigenvalue weighted by molar-refractivity contribution is -0.384. The fraction of sp³-hybridized carbons (Fsp3) is 0.125. The van der Waals surface area contributed by atoms with Crippen LogP contribution in [0, 0.1) is 10.1 Å². The number of non-ortho nitro benzene ring substituents is 1. The molecule has 136 valence electrons. The highest BCUT2D eigenvalue weighted by atomic mass is 32.1. The van der Waals surface area contributed by atoms with Crippen LogP contribution in [0.3, 0.4) is 0 Å². The second kappa shape index (κ2) is 6.29. The van der Waals surface area contributed by atoms with E-state index in [0.717, 1.165) is 22.0 Å². The molecule has 0 aliphatic carbocycles. The summed E-state index contributed by atoms with van der Waals surface area (Å²) in [5, 5.41) is 15.3. The molecule has 3 amide bonds. The number of nitrogens with one attached hydrogen (secondary N) is 1. The molecule has 10 nitrogen and oxygen atoms in total. The highest BCUT2D eigenvalue weighted by Crippen LogP contribution is 2.26. The van der Waals surface area contributed by atoms with Crippen molar-refractivity contribution in [3.05, 3.63) is 62.9 Å². The van der Waals surface area contributed by atoms with Crippen molar-refractivity contribution in [2.45, 2.75) is 6.54 Å². The van der Waals surface area contributed by atoms with Crippen molar-refractivity contribution < 1.29 is 19.3 Å². The molecule has 1 aliphatic rings. The van der Waals surface area contributed by atoms with Gasteiger partial charge in [0.05, 0.1) is 28.3 Å². The minimum atomic E-state index is -0.726. The fourth-order valence-electron chi connectivity index (χ4n) is 2.79. The minimum absolute atomic E-state index is 0.0488. The summed E-state index contributed by atoms with van der Waals surface area (Å²) in [5.41, 5.74) is 0.332. The molecule has 1 N–H and O–H groups in total. The Hall–Kier alpha value is -3.60. The maximum Gasteiger partial charge on any atom is 0.270 e. The number of nitro groups is 1. The van der Waals surface area contributed by atoms with Crippen LogP contribution in [0.25, 0.3) is 4.96 Å². The number of rotatable bonds is 5. The van der Waals surface area contributed by atoms with E-state index in [0.29, 0.717) is 5.69 Å². The molecule has 3 aromatic rings. The Morgan fingerprint density at radius 2 is 2.04 bits per heavy atom. The lowest BCUT2D eigenvalue weighted by atomic mass is 10.1. The van der Waals surface area contributed by atoms with E-state index in [4.69, 9.17) is 0 Å². The number of imidazole rings is 1. The van der Waals surface area contributed by atoms with E-state index in [-0.39, 0.29) is 23.4 Å². The first-order valence-electron chi connectivity index (χ1n) is 7.76. The summed E-state index contributed by atoms with van der Waals surface area (Å²) in [5.74, 6) is -1.91. The summed E-state index contributed by atoms with van der Waals surface area (Å²) in [7, 11) is 0. The van der Waals surface area contributed by atoms with Crippen LogP contribution in [0.2, 0.25) is 0 Å². The third kappa shape index (κ3) is 2.93. The van der Waals surface area contributed by atoms with Crippen molar-refractivity contribution in [3.63, 3.8) is 0 Å². The van der Waals surface area contributed by atoms with Gasteiger partial charge in [0.25, 0.3) is 17.5 Å². The summed E-state index contributed by atoms with van der Waals surface area (Å²) in [4.78, 5) is 52.9. The summed E-state index contributed by atoms with van der Waals surface area (Å²) in [6.45, 7) is -0.315. The van der Waals surface area contributed by atoms with Gasteiger partial charge in [0.1, 0.15) is 6.54 Å². The number of nitrogens with zero attached hydrogens (tertiary/aromatic N) is 4. The van der Waals surface area contributed by atoms with Crippen molar-refractivity contribution in [2.24, 2.45) is 0 Å². The second-order valence-electron chi connectivity index (χ2n) is 5.79. The van der Waals surface area contributed by atoms with E-state index in [1.165, 1.54) is 17.4 Å². The molecule has 0 fully saturated rings. The van der Waals surface area contributed by atoms with Gasteiger partial charge in [0.15, 0.2) is 4.96 Å². The van der Waals surface area contributed by atoms with Crippen molar-refractivity contribution in [2.75, 3.05) is 6.54 Å². The zero-order valence-electron chi connectivity index (χ0n) is 13.6. The number of fused-ring (bicyclic) bond motifs is 2. The normalized spacial score (nSPS) is 13.3. The molecule has 1 aliphatic heterocycles. The number of hydrogen-bond donors (Lipinski definition) is 1. The monoisotopic (exact) mass is 385 g/mol. The van der Waals surface area contributed by atoms with Crippen LogP contribution in [-0.2, 0) is 11.3 Å². The molecule has 1 aromatic carbocycles. The van der Waals surface area contributed by atoms with Crippen molar-refractivity contribution in [3.8, 4) is 0 Å². The molecule has 11 heteroatoms. The van der Waals surface area contributed by atoms with E-state index < -0.39 is 29.2 Å². The van der Waals surface area contributed by atoms with Gasteiger partial charge < -0.3 is 5.32 Å². The SMILES string of the molecule is O=C(CN1C(=O)c2ccc([N+](=O)[O-])cc2C1=O)NCc1cn2ccsc2n1. The van der Waals surface area contributed by atoms with E-state index in [1.54, 1.807) is 6.20 Å². The third-order valence-electron chi connectivity index (χ3n) is 4.08. The third-order valence-corrected chi connectivity index (χ3v) is 4.85. The molecule has 3 heterocycles. The number of hydrogen-bond acceptors (Lipinski definition) is 7. The van der Waals surface area contributed by atoms with E-state index in [9.17, 15) is 24.5 Å². The molecular weight excluding hydrogens is 374 g/mol. The number of carbonyl (C=O) groups excluding carboxylic acids is 3. The first kappa shape index (κ1) is 16.8. The highest BCUT2D eigenvalue weighted by Gasteiger charge is 2.37. The molecule has 0 spiro atoms. The van der Waals surface area contributed by atoms with Gasteiger partial charge in [0.2, 0.25) is 5.91 Å². The van der Waals surface area contributed by atoms with E-state index in [1.807, 2.05) is 16.0 Å². The molecule has 0 saturated carbocycles. The topological polar surface area (TPSA) is 127 Å². The molecule has 0 saturated heterocycles. The number of amides is 3. The maximum absolute atomic E-state index is 12.4. The molecule has 0 atom stereocenters. The Kier molecular flexibility index (Phi) is 3.92. The quantitative estimate of drug-likeness (QED) is 0.400. The van der Waals surface area contributed by atoms with Crippen LogP contribution in [0.1, 0.15) is 26.4 Å². The summed E-state index contributed by atoms with van der Waals surface area (Å²) < 4.78 is 1.82. The standard InChI is InChI=1S/C16H11N5O5S/c22-13(17-6-9-7-19-3-4-27-16(19)18-9)8-20-14(23)11-2-1-10(21(25)26)5-12(11)15(20)24/h1-5,7H,6,8H2,(H,17,22). The second-order valence-corrected chi connectivity index (χ2v) is 6.66. The van der Waals surface area contributed by atoms with Gasteiger partial charge in [-0.05, 0) is 6.07 Å². The average molecular weight is 385 g/mol. The lowest BCUT2D eigenvalue weighted by Crippen LogP contribution is -2.40. The van der Waals surface area contributed by atoms with Gasteiger partial charge in [-0.1, -0.05) is 0 Å². The Morgan fingerprint density at radius 1 is 1.26 bits per heavy atom. The van der Waals surface area contributed by atoms with Gasteiger partial charge in [-0.3, -0.25) is 33.8 Å². The van der Waals surface area contributed by atoms with Crippen LogP contribution in [0.15, 0.2) is 36.0 Å². The maximum atomic E-state index is 12.4. The first-order valence-corrected chi connectivity index (χ1v) is 8.64. The predicted octanol–water partition coefficient (Wildman–Crippen LogP) is 1.22. The Morgan fingerprint density at radius 3 is 2.78 bits per heavy atom. The van der Waals surface area contributed by atoms with Gasteiger partial charge in [-0.15, -0.1) is 11.3 Å². The van der Waals surface area contributed by atoms with Crippen molar-refractivity contribution >= 4 is 39.7 Å². The van der Waals surface area contributed by atoms with Crippen LogP contribution in [0.4, 0.5) is 5.69 Å². The Balaban J connectivity index is 1.43. The Bertz CT molecular complexity index is 1090. The van der Waals surface area contributed by atoms with Crippen LogP contribution in [-0.4, -0.2) is 43.5 Å². The van der Waals surface area contributed by atoms with Crippen LogP contribution < -0.4 is 5.32 Å². The van der Waals surface area contributed by atoms with Crippen LogP contribution >= 0.6 is 11.3 Å². The number of thiazole rings is 1. The molecule has 4 rings (SSSR count). The van der Waals surface area contributed by atoms with E-state index in [2.05, 4.69) is 10.3 Å². The number of nitro benzene ring substituents is 1. The molecule has 2 aromatic heterocycles. The Labute approximate surface area is 155 Å². The van der Waals surface area contributed by atoms with Gasteiger partial charge in [-0.2, -0.15) is 0 Å². The molecule has 27 heavy (non-hydrogen) atoms. The van der Waals surface area contributed by atoms with Gasteiger partial charge in [0, 0.05) is 29.9 Å². The molecule has 0 bridgehead atoms. The number of carbonyl (C=O) groups is 3. The fourth-order valence-corrected chi connectivity index (χ4v) is 3.50. The summed E-state index contributed by atoms with van der Waals surface area (Å²) in [6, 6.07) is 3.42. The largest absolute Gasteiger partial charge is 0.349 e. The number of aromatic nitrogens is 2. The molecular formula is C16H11N5O5S. The zero-order valence-corrected chi connectivity index (χ0v) is 14.4. The van der Waals surface area contributed by atoms with E-state index >= 15 is 0 Å². The van der Waals surface area contributed by atoms with Crippen molar-refractivity contribution in [1.29, 1.82) is 0 Å². The van der Waals surface area contributed by atoms with Crippen LogP contribution in [0.5, 0.6) is 0 Å².